The number of anilines is 1. The van der Waals surface area contributed by atoms with Gasteiger partial charge in [-0.05, 0) is 54.3 Å². The standard InChI is InChI=1S/C13H13FIN3/c14-8-5-13(10(16)6-9(8)15)18-7-17-11-3-1-2-4-12(11)18/h5-7H,1-4,16H2. The van der Waals surface area contributed by atoms with Crippen molar-refractivity contribution in [2.24, 2.45) is 0 Å². The molecule has 18 heavy (non-hydrogen) atoms. The van der Waals surface area contributed by atoms with E-state index in [4.69, 9.17) is 5.73 Å². The molecule has 0 aliphatic heterocycles. The third-order valence-corrected chi connectivity index (χ3v) is 4.19. The van der Waals surface area contributed by atoms with E-state index in [2.05, 4.69) is 4.98 Å². The molecule has 2 N–H and O–H groups in total. The van der Waals surface area contributed by atoms with Crippen molar-refractivity contribution >= 4 is 28.3 Å². The normalized spacial score (nSPS) is 14.6. The van der Waals surface area contributed by atoms with Crippen molar-refractivity contribution in [3.05, 3.63) is 39.2 Å². The van der Waals surface area contributed by atoms with Crippen LogP contribution in [0.25, 0.3) is 5.69 Å². The molecule has 0 radical (unpaired) electrons. The molecule has 3 nitrogen and oxygen atoms in total. The first kappa shape index (κ1) is 12.0. The molecule has 1 aliphatic rings. The van der Waals surface area contributed by atoms with Crippen molar-refractivity contribution in [1.82, 2.24) is 9.55 Å². The number of nitrogen functional groups attached to an aromatic ring is 1. The lowest BCUT2D eigenvalue weighted by atomic mass is 10.0. The number of benzene rings is 1. The fraction of sp³-hybridized carbons (Fsp3) is 0.308. The summed E-state index contributed by atoms with van der Waals surface area (Å²) in [5.74, 6) is -0.238. The molecular weight excluding hydrogens is 344 g/mol. The average molecular weight is 357 g/mol. The summed E-state index contributed by atoms with van der Waals surface area (Å²) in [4.78, 5) is 4.41. The van der Waals surface area contributed by atoms with Gasteiger partial charge in [0.25, 0.3) is 0 Å². The Morgan fingerprint density at radius 2 is 2.06 bits per heavy atom. The first-order chi connectivity index (χ1) is 8.66. The summed E-state index contributed by atoms with van der Waals surface area (Å²) in [5.41, 5.74) is 9.58. The van der Waals surface area contributed by atoms with Crippen molar-refractivity contribution in [2.75, 3.05) is 5.73 Å². The van der Waals surface area contributed by atoms with Gasteiger partial charge in [-0.15, -0.1) is 0 Å². The summed E-state index contributed by atoms with van der Waals surface area (Å²) in [6.07, 6.45) is 6.09. The minimum Gasteiger partial charge on any atom is -0.397 e. The largest absolute Gasteiger partial charge is 0.397 e. The summed E-state index contributed by atoms with van der Waals surface area (Å²) in [6, 6.07) is 3.16. The van der Waals surface area contributed by atoms with Gasteiger partial charge in [-0.25, -0.2) is 9.37 Å². The Kier molecular flexibility index (Phi) is 3.01. The van der Waals surface area contributed by atoms with Crippen LogP contribution in [0.2, 0.25) is 0 Å². The number of fused-ring (bicyclic) bond motifs is 1. The Morgan fingerprint density at radius 1 is 1.28 bits per heavy atom. The zero-order valence-electron chi connectivity index (χ0n) is 9.79. The first-order valence-corrected chi connectivity index (χ1v) is 7.04. The van der Waals surface area contributed by atoms with E-state index in [0.717, 1.165) is 25.0 Å². The topological polar surface area (TPSA) is 43.8 Å². The van der Waals surface area contributed by atoms with Crippen LogP contribution in [0.3, 0.4) is 0 Å². The molecule has 0 saturated carbocycles. The summed E-state index contributed by atoms with van der Waals surface area (Å²) in [6.45, 7) is 0. The van der Waals surface area contributed by atoms with Gasteiger partial charge >= 0.3 is 0 Å². The van der Waals surface area contributed by atoms with Crippen LogP contribution in [-0.2, 0) is 12.8 Å². The molecule has 5 heteroatoms. The molecule has 0 amide bonds. The molecule has 94 valence electrons. The number of halogens is 2. The monoisotopic (exact) mass is 357 g/mol. The Balaban J connectivity index is 2.15. The Labute approximate surface area is 118 Å². The number of imidazole rings is 1. The lowest BCUT2D eigenvalue weighted by Crippen LogP contribution is -2.09. The van der Waals surface area contributed by atoms with Crippen molar-refractivity contribution in [1.29, 1.82) is 0 Å². The molecule has 1 aromatic heterocycles. The fourth-order valence-electron chi connectivity index (χ4n) is 2.44. The number of nitrogens with two attached hydrogens (primary N) is 1. The van der Waals surface area contributed by atoms with Crippen LogP contribution in [0.1, 0.15) is 24.2 Å². The summed E-state index contributed by atoms with van der Waals surface area (Å²) in [5, 5.41) is 0. The van der Waals surface area contributed by atoms with Crippen LogP contribution in [0.4, 0.5) is 10.1 Å². The molecule has 2 aromatic rings. The zero-order chi connectivity index (χ0) is 12.7. The van der Waals surface area contributed by atoms with E-state index in [1.807, 2.05) is 27.2 Å². The van der Waals surface area contributed by atoms with E-state index in [9.17, 15) is 4.39 Å². The van der Waals surface area contributed by atoms with Crippen molar-refractivity contribution < 1.29 is 4.39 Å². The van der Waals surface area contributed by atoms with Crippen molar-refractivity contribution in [3.8, 4) is 5.69 Å². The highest BCUT2D eigenvalue weighted by molar-refractivity contribution is 14.1. The van der Waals surface area contributed by atoms with Crippen LogP contribution in [0.15, 0.2) is 18.5 Å². The number of nitrogens with zero attached hydrogens (tertiary/aromatic N) is 2. The number of rotatable bonds is 1. The highest BCUT2D eigenvalue weighted by Gasteiger charge is 2.18. The number of aromatic nitrogens is 2. The third-order valence-electron chi connectivity index (χ3n) is 3.36. The summed E-state index contributed by atoms with van der Waals surface area (Å²) >= 11 is 1.95. The molecule has 0 bridgehead atoms. The summed E-state index contributed by atoms with van der Waals surface area (Å²) in [7, 11) is 0. The minimum absolute atomic E-state index is 0.238. The van der Waals surface area contributed by atoms with Crippen molar-refractivity contribution in [2.45, 2.75) is 25.7 Å². The van der Waals surface area contributed by atoms with Gasteiger partial charge in [0.05, 0.1) is 27.0 Å². The second kappa shape index (κ2) is 4.53. The Morgan fingerprint density at radius 3 is 2.89 bits per heavy atom. The highest BCUT2D eigenvalue weighted by Crippen LogP contribution is 2.28. The van der Waals surface area contributed by atoms with E-state index >= 15 is 0 Å². The molecule has 1 aromatic carbocycles. The molecule has 1 aliphatic carbocycles. The van der Waals surface area contributed by atoms with Crippen LogP contribution in [0, 0.1) is 9.39 Å². The summed E-state index contributed by atoms with van der Waals surface area (Å²) < 4.78 is 16.2. The van der Waals surface area contributed by atoms with Gasteiger partial charge in [0, 0.05) is 11.8 Å². The van der Waals surface area contributed by atoms with Gasteiger partial charge in [-0.1, -0.05) is 0 Å². The SMILES string of the molecule is Nc1cc(I)c(F)cc1-n1cnc2c1CCCC2. The molecule has 0 fully saturated rings. The average Bonchev–Trinajstić information content (AvgIpc) is 2.78. The molecular formula is C13H13FIN3. The quantitative estimate of drug-likeness (QED) is 0.630. The maximum Gasteiger partial charge on any atom is 0.138 e. The lowest BCUT2D eigenvalue weighted by molar-refractivity contribution is 0.617. The molecule has 0 atom stereocenters. The van der Waals surface area contributed by atoms with Gasteiger partial charge in [-0.2, -0.15) is 0 Å². The number of hydrogen-bond acceptors (Lipinski definition) is 2. The van der Waals surface area contributed by atoms with Crippen LogP contribution < -0.4 is 5.73 Å². The number of hydrogen-bond donors (Lipinski definition) is 1. The van der Waals surface area contributed by atoms with E-state index in [1.165, 1.54) is 18.2 Å². The predicted octanol–water partition coefficient (Wildman–Crippen LogP) is 3.08. The molecule has 0 spiro atoms. The van der Waals surface area contributed by atoms with Gasteiger partial charge in [0.1, 0.15) is 5.82 Å². The van der Waals surface area contributed by atoms with Crippen LogP contribution in [-0.4, -0.2) is 9.55 Å². The lowest BCUT2D eigenvalue weighted by Gasteiger charge is -2.15. The van der Waals surface area contributed by atoms with Crippen LogP contribution >= 0.6 is 22.6 Å². The van der Waals surface area contributed by atoms with E-state index in [-0.39, 0.29) is 5.82 Å². The molecule has 3 rings (SSSR count). The maximum atomic E-state index is 13.7. The predicted molar refractivity (Wildman–Crippen MR) is 77.3 cm³/mol. The molecule has 0 unspecified atom stereocenters. The molecule has 1 heterocycles. The van der Waals surface area contributed by atoms with Gasteiger partial charge < -0.3 is 10.3 Å². The first-order valence-electron chi connectivity index (χ1n) is 5.97. The van der Waals surface area contributed by atoms with Crippen molar-refractivity contribution in [3.63, 3.8) is 0 Å². The van der Waals surface area contributed by atoms with E-state index in [0.29, 0.717) is 14.9 Å². The Bertz CT molecular complexity index is 607. The van der Waals surface area contributed by atoms with Crippen LogP contribution in [0.5, 0.6) is 0 Å². The third kappa shape index (κ3) is 1.90. The Hall–Kier alpha value is -1.11. The molecule has 0 saturated heterocycles. The van der Waals surface area contributed by atoms with E-state index in [1.54, 1.807) is 12.4 Å². The van der Waals surface area contributed by atoms with Gasteiger partial charge in [0.2, 0.25) is 0 Å². The second-order valence-corrected chi connectivity index (χ2v) is 5.70. The second-order valence-electron chi connectivity index (χ2n) is 4.54. The zero-order valence-corrected chi connectivity index (χ0v) is 11.9. The minimum atomic E-state index is -0.238. The maximum absolute atomic E-state index is 13.7. The van der Waals surface area contributed by atoms with E-state index < -0.39 is 0 Å². The smallest absolute Gasteiger partial charge is 0.138 e. The van der Waals surface area contributed by atoms with Gasteiger partial charge in [0.15, 0.2) is 0 Å². The van der Waals surface area contributed by atoms with Gasteiger partial charge in [-0.3, -0.25) is 0 Å². The fourth-order valence-corrected chi connectivity index (χ4v) is 2.93. The highest BCUT2D eigenvalue weighted by atomic mass is 127. The number of aryl methyl sites for hydroxylation is 1.